The number of benzene rings is 1. The van der Waals surface area contributed by atoms with Crippen LogP contribution in [0.1, 0.15) is 47.1 Å². The van der Waals surface area contributed by atoms with Crippen LogP contribution in [0.15, 0.2) is 24.3 Å². The van der Waals surface area contributed by atoms with Gasteiger partial charge < -0.3 is 15.0 Å². The van der Waals surface area contributed by atoms with E-state index in [0.717, 1.165) is 38.9 Å². The molecule has 3 heterocycles. The lowest BCUT2D eigenvalue weighted by Crippen LogP contribution is -2.52. The fourth-order valence-electron chi connectivity index (χ4n) is 5.01. The van der Waals surface area contributed by atoms with Gasteiger partial charge in [0.1, 0.15) is 5.82 Å². The number of rotatable bonds is 7. The Kier molecular flexibility index (Phi) is 8.28. The fourth-order valence-corrected chi connectivity index (χ4v) is 5.86. The van der Waals surface area contributed by atoms with E-state index in [2.05, 4.69) is 20.5 Å². The molecule has 2 amide bonds. The van der Waals surface area contributed by atoms with Crippen LogP contribution in [-0.4, -0.2) is 60.6 Å². The molecule has 2 saturated heterocycles. The predicted octanol–water partition coefficient (Wildman–Crippen LogP) is 4.27. The highest BCUT2D eigenvalue weighted by molar-refractivity contribution is 7.17. The summed E-state index contributed by atoms with van der Waals surface area (Å²) in [6, 6.07) is 6.43. The van der Waals surface area contributed by atoms with Gasteiger partial charge in [-0.3, -0.25) is 10.1 Å². The minimum absolute atomic E-state index is 0.0523. The second kappa shape index (κ2) is 11.4. The number of piperidine rings is 1. The van der Waals surface area contributed by atoms with Crippen LogP contribution in [0.2, 0.25) is 0 Å². The molecule has 2 aromatic rings. The van der Waals surface area contributed by atoms with Crippen LogP contribution < -0.4 is 10.6 Å². The molecule has 0 radical (unpaired) electrons. The summed E-state index contributed by atoms with van der Waals surface area (Å²) in [7, 11) is 0. The first-order chi connectivity index (χ1) is 16.4. The summed E-state index contributed by atoms with van der Waals surface area (Å²) in [4.78, 5) is 31.7. The molecule has 9 heteroatoms. The van der Waals surface area contributed by atoms with Gasteiger partial charge in [0.05, 0.1) is 23.2 Å². The molecule has 0 spiro atoms. The van der Waals surface area contributed by atoms with Crippen LogP contribution in [0.25, 0.3) is 0 Å². The maximum atomic E-state index is 13.2. The highest BCUT2D eigenvalue weighted by atomic mass is 32.1. The van der Waals surface area contributed by atoms with E-state index in [4.69, 9.17) is 4.74 Å². The van der Waals surface area contributed by atoms with E-state index in [1.54, 1.807) is 6.92 Å². The van der Waals surface area contributed by atoms with Gasteiger partial charge in [0.15, 0.2) is 10.9 Å². The maximum Gasteiger partial charge on any atom is 0.321 e. The molecule has 34 heavy (non-hydrogen) atoms. The number of ether oxygens (including phenoxy) is 1. The number of amides is 2. The third-order valence-electron chi connectivity index (χ3n) is 6.69. The van der Waals surface area contributed by atoms with Gasteiger partial charge in [-0.25, -0.2) is 14.2 Å². The molecule has 7 nitrogen and oxygen atoms in total. The zero-order valence-electron chi connectivity index (χ0n) is 19.8. The molecular weight excluding hydrogens is 455 g/mol. The van der Waals surface area contributed by atoms with Gasteiger partial charge in [0.25, 0.3) is 0 Å². The number of nitrogens with one attached hydrogen (secondary N) is 2. The summed E-state index contributed by atoms with van der Waals surface area (Å²) in [5.74, 6) is 0.608. The Morgan fingerprint density at radius 2 is 2.06 bits per heavy atom. The van der Waals surface area contributed by atoms with Crippen LogP contribution in [0.5, 0.6) is 0 Å². The quantitative estimate of drug-likeness (QED) is 0.569. The Labute approximate surface area is 204 Å². The van der Waals surface area contributed by atoms with E-state index in [1.165, 1.54) is 42.4 Å². The van der Waals surface area contributed by atoms with Gasteiger partial charge >= 0.3 is 6.03 Å². The summed E-state index contributed by atoms with van der Waals surface area (Å²) in [5.41, 5.74) is 1.81. The molecule has 184 valence electrons. The number of hydrogen-bond acceptors (Lipinski definition) is 6. The first kappa shape index (κ1) is 24.8. The van der Waals surface area contributed by atoms with Crippen LogP contribution in [0, 0.1) is 24.6 Å². The van der Waals surface area contributed by atoms with Crippen LogP contribution in [0.4, 0.5) is 14.3 Å². The van der Waals surface area contributed by atoms with Gasteiger partial charge in [0.2, 0.25) is 0 Å². The Morgan fingerprint density at radius 3 is 2.79 bits per heavy atom. The van der Waals surface area contributed by atoms with E-state index >= 15 is 0 Å². The third kappa shape index (κ3) is 6.61. The molecule has 1 aromatic heterocycles. The lowest BCUT2D eigenvalue weighted by molar-refractivity contribution is 0.0215. The Bertz CT molecular complexity index is 997. The fraction of sp³-hybridized carbons (Fsp3) is 0.560. The maximum absolute atomic E-state index is 13.2. The van der Waals surface area contributed by atoms with Crippen LogP contribution >= 0.6 is 11.3 Å². The summed E-state index contributed by atoms with van der Waals surface area (Å²) in [6.45, 7) is 7.44. The van der Waals surface area contributed by atoms with Crippen molar-refractivity contribution < 1.29 is 18.7 Å². The number of halogens is 1. The number of carbonyl (C=O) groups is 2. The summed E-state index contributed by atoms with van der Waals surface area (Å²) >= 11 is 1.20. The summed E-state index contributed by atoms with van der Waals surface area (Å²) in [6.07, 6.45) is 4.19. The standard InChI is InChI=1S/C25H33FN4O3S/c1-16-23(17(2)31)34-25(27-16)29-24(32)28-22-15-33-11-9-20(22)14-30-10-3-4-19(13-30)12-18-5-7-21(26)8-6-18/h5-8,19-20,22H,3-4,9-15H2,1-2H3,(H2,27,28,29,32)/t19-,20-,22-/m0/s1. The minimum Gasteiger partial charge on any atom is -0.379 e. The highest BCUT2D eigenvalue weighted by Crippen LogP contribution is 2.25. The third-order valence-corrected chi connectivity index (χ3v) is 7.86. The molecule has 2 N–H and O–H groups in total. The molecule has 3 atom stereocenters. The number of Topliss-reactive ketones (excluding diaryl/α,β-unsaturated/α-hetero) is 1. The Morgan fingerprint density at radius 1 is 1.26 bits per heavy atom. The lowest BCUT2D eigenvalue weighted by Gasteiger charge is -2.39. The summed E-state index contributed by atoms with van der Waals surface area (Å²) < 4.78 is 18.9. The summed E-state index contributed by atoms with van der Waals surface area (Å²) in [5, 5.41) is 6.27. The van der Waals surface area contributed by atoms with Crippen molar-refractivity contribution in [2.24, 2.45) is 11.8 Å². The molecule has 2 fully saturated rings. The number of aromatic nitrogens is 1. The van der Waals surface area contributed by atoms with Crippen molar-refractivity contribution in [3.05, 3.63) is 46.2 Å². The Hall–Kier alpha value is -2.36. The second-order valence-corrected chi connectivity index (χ2v) is 10.4. The van der Waals surface area contributed by atoms with E-state index < -0.39 is 0 Å². The number of anilines is 1. The molecule has 0 bridgehead atoms. The van der Waals surface area contributed by atoms with Crippen molar-refractivity contribution in [1.82, 2.24) is 15.2 Å². The zero-order chi connectivity index (χ0) is 24.1. The average molecular weight is 489 g/mol. The number of likely N-dealkylation sites (tertiary alicyclic amines) is 1. The average Bonchev–Trinajstić information content (AvgIpc) is 3.17. The van der Waals surface area contributed by atoms with Gasteiger partial charge in [-0.15, -0.1) is 0 Å². The molecule has 4 rings (SSSR count). The van der Waals surface area contributed by atoms with E-state index in [9.17, 15) is 14.0 Å². The van der Waals surface area contributed by atoms with Gasteiger partial charge in [-0.2, -0.15) is 0 Å². The van der Waals surface area contributed by atoms with Gasteiger partial charge in [-0.05, 0) is 68.7 Å². The van der Waals surface area contributed by atoms with Crippen molar-refractivity contribution in [1.29, 1.82) is 0 Å². The van der Waals surface area contributed by atoms with Crippen LogP contribution in [0.3, 0.4) is 0 Å². The van der Waals surface area contributed by atoms with Crippen molar-refractivity contribution in [3.8, 4) is 0 Å². The molecule has 1 aromatic carbocycles. The molecular formula is C25H33FN4O3S. The number of urea groups is 1. The van der Waals surface area contributed by atoms with Crippen molar-refractivity contribution in [2.75, 3.05) is 38.2 Å². The first-order valence-electron chi connectivity index (χ1n) is 12.0. The molecule has 2 aliphatic heterocycles. The minimum atomic E-state index is -0.322. The largest absolute Gasteiger partial charge is 0.379 e. The van der Waals surface area contributed by atoms with E-state index in [-0.39, 0.29) is 23.7 Å². The van der Waals surface area contributed by atoms with Crippen molar-refractivity contribution in [3.63, 3.8) is 0 Å². The smallest absolute Gasteiger partial charge is 0.321 e. The number of thiazole rings is 1. The Balaban J connectivity index is 1.30. The van der Waals surface area contributed by atoms with Crippen molar-refractivity contribution >= 4 is 28.3 Å². The number of ketones is 1. The topological polar surface area (TPSA) is 83.6 Å². The molecule has 2 aliphatic rings. The normalized spacial score (nSPS) is 23.4. The highest BCUT2D eigenvalue weighted by Gasteiger charge is 2.31. The number of aryl methyl sites for hydroxylation is 1. The van der Waals surface area contributed by atoms with Crippen molar-refractivity contribution in [2.45, 2.75) is 45.6 Å². The molecule has 0 unspecified atom stereocenters. The van der Waals surface area contributed by atoms with E-state index in [0.29, 0.717) is 40.8 Å². The van der Waals surface area contributed by atoms with Gasteiger partial charge in [0, 0.05) is 26.6 Å². The van der Waals surface area contributed by atoms with Gasteiger partial charge in [-0.1, -0.05) is 23.5 Å². The lowest BCUT2D eigenvalue weighted by atomic mass is 9.89. The van der Waals surface area contributed by atoms with E-state index in [1.807, 2.05) is 12.1 Å². The number of nitrogens with zero attached hydrogens (tertiary/aromatic N) is 2. The number of hydrogen-bond donors (Lipinski definition) is 2. The second-order valence-electron chi connectivity index (χ2n) is 9.42. The monoisotopic (exact) mass is 488 g/mol. The number of carbonyl (C=O) groups excluding carboxylic acids is 2. The SMILES string of the molecule is CC(=O)c1sc(NC(=O)N[C@H]2COCC[C@H]2CN2CCC[C@@H](Cc3ccc(F)cc3)C2)nc1C. The zero-order valence-corrected chi connectivity index (χ0v) is 20.6. The molecule has 0 saturated carbocycles. The predicted molar refractivity (Wildman–Crippen MR) is 131 cm³/mol. The van der Waals surface area contributed by atoms with Crippen LogP contribution in [-0.2, 0) is 11.2 Å². The first-order valence-corrected chi connectivity index (χ1v) is 12.8. The molecule has 0 aliphatic carbocycles.